The van der Waals surface area contributed by atoms with Gasteiger partial charge in [0, 0.05) is 17.4 Å². The standard InChI is InChI=1S/C11H8BrNO3S/c12-7-4-17-10-6(3-16-9(7)10)5-1-2-8(14)13-11(5)15/h3-5H,1-2H2,(H,13,14,15). The fourth-order valence-electron chi connectivity index (χ4n) is 2.04. The van der Waals surface area contributed by atoms with E-state index in [4.69, 9.17) is 4.42 Å². The van der Waals surface area contributed by atoms with Crippen LogP contribution in [-0.2, 0) is 9.59 Å². The lowest BCUT2D eigenvalue weighted by Crippen LogP contribution is -2.39. The lowest BCUT2D eigenvalue weighted by Gasteiger charge is -2.19. The van der Waals surface area contributed by atoms with Crippen LogP contribution in [0.2, 0.25) is 0 Å². The van der Waals surface area contributed by atoms with Gasteiger partial charge < -0.3 is 4.42 Å². The van der Waals surface area contributed by atoms with Crippen molar-refractivity contribution in [2.75, 3.05) is 0 Å². The van der Waals surface area contributed by atoms with Gasteiger partial charge in [0.2, 0.25) is 11.8 Å². The fraction of sp³-hybridized carbons (Fsp3) is 0.273. The molecular weight excluding hydrogens is 306 g/mol. The Kier molecular flexibility index (Phi) is 2.56. The van der Waals surface area contributed by atoms with Gasteiger partial charge in [0.25, 0.3) is 0 Å². The number of piperidine rings is 1. The quantitative estimate of drug-likeness (QED) is 0.824. The van der Waals surface area contributed by atoms with E-state index in [0.717, 1.165) is 20.3 Å². The molecular formula is C11H8BrNO3S. The molecule has 1 aliphatic rings. The number of thiophene rings is 1. The molecule has 4 nitrogen and oxygen atoms in total. The molecule has 1 atom stereocenters. The summed E-state index contributed by atoms with van der Waals surface area (Å²) < 4.78 is 7.32. The highest BCUT2D eigenvalue weighted by molar-refractivity contribution is 9.10. The van der Waals surface area contributed by atoms with Crippen LogP contribution >= 0.6 is 27.3 Å². The molecule has 3 rings (SSSR count). The van der Waals surface area contributed by atoms with Gasteiger partial charge in [-0.3, -0.25) is 14.9 Å². The van der Waals surface area contributed by atoms with Crippen LogP contribution in [0.4, 0.5) is 0 Å². The molecule has 2 amide bonds. The molecule has 0 saturated carbocycles. The summed E-state index contributed by atoms with van der Waals surface area (Å²) in [6.45, 7) is 0. The highest BCUT2D eigenvalue weighted by Gasteiger charge is 2.31. The Balaban J connectivity index is 2.03. The minimum Gasteiger partial charge on any atom is -0.462 e. The second kappa shape index (κ2) is 3.96. The van der Waals surface area contributed by atoms with Gasteiger partial charge in [-0.15, -0.1) is 11.3 Å². The zero-order chi connectivity index (χ0) is 12.0. The third kappa shape index (κ3) is 1.71. The van der Waals surface area contributed by atoms with Crippen molar-refractivity contribution in [1.82, 2.24) is 5.32 Å². The predicted molar refractivity (Wildman–Crippen MR) is 66.9 cm³/mol. The van der Waals surface area contributed by atoms with E-state index in [1.54, 1.807) is 6.26 Å². The predicted octanol–water partition coefficient (Wildman–Crippen LogP) is 2.78. The molecule has 17 heavy (non-hydrogen) atoms. The highest BCUT2D eigenvalue weighted by Crippen LogP contribution is 2.39. The van der Waals surface area contributed by atoms with Gasteiger partial charge in [-0.05, 0) is 22.4 Å². The summed E-state index contributed by atoms with van der Waals surface area (Å²) in [5.74, 6) is -0.702. The van der Waals surface area contributed by atoms with Gasteiger partial charge >= 0.3 is 0 Å². The number of fused-ring (bicyclic) bond motifs is 1. The maximum absolute atomic E-state index is 11.8. The average molecular weight is 314 g/mol. The smallest absolute Gasteiger partial charge is 0.234 e. The lowest BCUT2D eigenvalue weighted by molar-refractivity contribution is -0.134. The van der Waals surface area contributed by atoms with Crippen LogP contribution in [0.5, 0.6) is 0 Å². The van der Waals surface area contributed by atoms with Gasteiger partial charge in [0.05, 0.1) is 21.4 Å². The molecule has 0 bridgehead atoms. The highest BCUT2D eigenvalue weighted by atomic mass is 79.9. The zero-order valence-electron chi connectivity index (χ0n) is 8.66. The van der Waals surface area contributed by atoms with E-state index in [2.05, 4.69) is 21.2 Å². The average Bonchev–Trinajstić information content (AvgIpc) is 2.83. The Morgan fingerprint density at radius 2 is 2.29 bits per heavy atom. The zero-order valence-corrected chi connectivity index (χ0v) is 11.1. The Bertz CT molecular complexity index is 615. The van der Waals surface area contributed by atoms with Crippen molar-refractivity contribution < 1.29 is 14.0 Å². The van der Waals surface area contributed by atoms with Crippen LogP contribution in [0.3, 0.4) is 0 Å². The monoisotopic (exact) mass is 313 g/mol. The van der Waals surface area contributed by atoms with Crippen molar-refractivity contribution in [2.24, 2.45) is 0 Å². The summed E-state index contributed by atoms with van der Waals surface area (Å²) in [6, 6.07) is 0. The van der Waals surface area contributed by atoms with E-state index >= 15 is 0 Å². The molecule has 0 aromatic carbocycles. The van der Waals surface area contributed by atoms with E-state index in [1.165, 1.54) is 11.3 Å². The molecule has 2 aromatic heterocycles. The Hall–Kier alpha value is -1.14. The maximum atomic E-state index is 11.8. The minimum absolute atomic E-state index is 0.196. The summed E-state index contributed by atoms with van der Waals surface area (Å²) in [4.78, 5) is 22.9. The van der Waals surface area contributed by atoms with Crippen molar-refractivity contribution in [2.45, 2.75) is 18.8 Å². The minimum atomic E-state index is -0.278. The molecule has 1 saturated heterocycles. The number of hydrogen-bond donors (Lipinski definition) is 1. The van der Waals surface area contributed by atoms with Crippen molar-refractivity contribution in [3.8, 4) is 0 Å². The van der Waals surface area contributed by atoms with E-state index in [0.29, 0.717) is 12.8 Å². The van der Waals surface area contributed by atoms with E-state index in [1.807, 2.05) is 5.38 Å². The van der Waals surface area contributed by atoms with E-state index < -0.39 is 0 Å². The van der Waals surface area contributed by atoms with Gasteiger partial charge in [0.1, 0.15) is 0 Å². The summed E-state index contributed by atoms with van der Waals surface area (Å²) in [5.41, 5.74) is 1.65. The van der Waals surface area contributed by atoms with Crippen LogP contribution < -0.4 is 5.32 Å². The van der Waals surface area contributed by atoms with Crippen LogP contribution in [0.1, 0.15) is 24.3 Å². The number of carbonyl (C=O) groups excluding carboxylic acids is 2. The number of furan rings is 1. The van der Waals surface area contributed by atoms with Crippen LogP contribution in [0.25, 0.3) is 10.3 Å². The first kappa shape index (κ1) is 11.0. The lowest BCUT2D eigenvalue weighted by atomic mass is 9.92. The molecule has 1 N–H and O–H groups in total. The number of halogens is 1. The summed E-state index contributed by atoms with van der Waals surface area (Å²) >= 11 is 4.93. The van der Waals surface area contributed by atoms with Gasteiger partial charge in [0.15, 0.2) is 5.58 Å². The molecule has 6 heteroatoms. The van der Waals surface area contributed by atoms with Gasteiger partial charge in [-0.1, -0.05) is 0 Å². The number of imide groups is 1. The first-order chi connectivity index (χ1) is 8.16. The van der Waals surface area contributed by atoms with E-state index in [-0.39, 0.29) is 17.7 Å². The van der Waals surface area contributed by atoms with Crippen LogP contribution in [0.15, 0.2) is 20.5 Å². The van der Waals surface area contributed by atoms with Crippen molar-refractivity contribution >= 4 is 49.4 Å². The molecule has 1 aliphatic heterocycles. The van der Waals surface area contributed by atoms with Crippen molar-refractivity contribution in [3.05, 3.63) is 21.7 Å². The Morgan fingerprint density at radius 1 is 1.47 bits per heavy atom. The van der Waals surface area contributed by atoms with Crippen LogP contribution in [0, 0.1) is 0 Å². The SMILES string of the molecule is O=C1CCC(c2coc3c(Br)csc23)C(=O)N1. The number of nitrogens with one attached hydrogen (secondary N) is 1. The number of hydrogen-bond acceptors (Lipinski definition) is 4. The third-order valence-electron chi connectivity index (χ3n) is 2.88. The first-order valence-electron chi connectivity index (χ1n) is 5.14. The first-order valence-corrected chi connectivity index (χ1v) is 6.82. The summed E-state index contributed by atoms with van der Waals surface area (Å²) in [7, 11) is 0. The number of amides is 2. The normalized spacial score (nSPS) is 20.9. The van der Waals surface area contributed by atoms with Gasteiger partial charge in [-0.25, -0.2) is 0 Å². The van der Waals surface area contributed by atoms with Crippen molar-refractivity contribution in [1.29, 1.82) is 0 Å². The molecule has 3 heterocycles. The maximum Gasteiger partial charge on any atom is 0.234 e. The summed E-state index contributed by atoms with van der Waals surface area (Å²) in [6.07, 6.45) is 2.55. The Morgan fingerprint density at radius 3 is 3.06 bits per heavy atom. The topological polar surface area (TPSA) is 59.3 Å². The molecule has 88 valence electrons. The third-order valence-corrected chi connectivity index (χ3v) is 4.79. The molecule has 1 fully saturated rings. The van der Waals surface area contributed by atoms with Gasteiger partial charge in [-0.2, -0.15) is 0 Å². The molecule has 0 spiro atoms. The van der Waals surface area contributed by atoms with Crippen LogP contribution in [-0.4, -0.2) is 11.8 Å². The van der Waals surface area contributed by atoms with Crippen molar-refractivity contribution in [3.63, 3.8) is 0 Å². The van der Waals surface area contributed by atoms with E-state index in [9.17, 15) is 9.59 Å². The summed E-state index contributed by atoms with van der Waals surface area (Å²) in [5, 5.41) is 4.30. The molecule has 1 unspecified atom stereocenters. The largest absolute Gasteiger partial charge is 0.462 e. The number of rotatable bonds is 1. The second-order valence-electron chi connectivity index (χ2n) is 3.94. The molecule has 2 aromatic rings. The molecule has 0 aliphatic carbocycles. The Labute approximate surface area is 109 Å². The second-order valence-corrected chi connectivity index (χ2v) is 5.67. The fourth-order valence-corrected chi connectivity index (χ4v) is 3.66. The molecule has 0 radical (unpaired) electrons. The number of carbonyl (C=O) groups is 2.